The number of carbonyl (C=O) groups is 2. The van der Waals surface area contributed by atoms with E-state index in [4.69, 9.17) is 4.74 Å². The number of amides is 2. The highest BCUT2D eigenvalue weighted by Gasteiger charge is 2.25. The third kappa shape index (κ3) is 4.24. The normalized spacial score (nSPS) is 14.1. The van der Waals surface area contributed by atoms with Crippen molar-refractivity contribution in [3.8, 4) is 5.75 Å². The Morgan fingerprint density at radius 3 is 2.79 bits per heavy atom. The fourth-order valence-corrected chi connectivity index (χ4v) is 3.80. The quantitative estimate of drug-likeness (QED) is 0.695. The summed E-state index contributed by atoms with van der Waals surface area (Å²) in [5.41, 5.74) is 1.73. The topological polar surface area (TPSA) is 83.9 Å². The van der Waals surface area contributed by atoms with Crippen LogP contribution in [0.25, 0.3) is 10.2 Å². The summed E-state index contributed by atoms with van der Waals surface area (Å²) >= 11 is 1.33. The first-order valence-corrected chi connectivity index (χ1v) is 9.72. The van der Waals surface area contributed by atoms with E-state index in [9.17, 15) is 14.0 Å². The number of nitrogens with one attached hydrogen (secondary N) is 1. The number of hydrogen-bond acceptors (Lipinski definition) is 6. The maximum Gasteiger partial charge on any atom is 0.273 e. The minimum absolute atomic E-state index is 0.177. The van der Waals surface area contributed by atoms with E-state index in [-0.39, 0.29) is 36.8 Å². The summed E-state index contributed by atoms with van der Waals surface area (Å²) in [5.74, 6) is -0.216. The van der Waals surface area contributed by atoms with Crippen LogP contribution < -0.4 is 10.1 Å². The molecule has 0 aliphatic carbocycles. The molecule has 0 fully saturated rings. The predicted molar refractivity (Wildman–Crippen MR) is 108 cm³/mol. The highest BCUT2D eigenvalue weighted by atomic mass is 32.1. The van der Waals surface area contributed by atoms with Crippen molar-refractivity contribution in [2.45, 2.75) is 19.4 Å². The fourth-order valence-electron chi connectivity index (χ4n) is 2.91. The van der Waals surface area contributed by atoms with Crippen molar-refractivity contribution in [1.82, 2.24) is 9.99 Å². The van der Waals surface area contributed by atoms with Gasteiger partial charge in [-0.3, -0.25) is 14.9 Å². The molecule has 1 aliphatic heterocycles. The number of methoxy groups -OCH3 is 1. The first-order valence-electron chi connectivity index (χ1n) is 8.90. The minimum Gasteiger partial charge on any atom is -0.497 e. The van der Waals surface area contributed by atoms with Crippen LogP contribution in [0.2, 0.25) is 0 Å². The average molecular weight is 412 g/mol. The molecule has 9 heteroatoms. The Bertz CT molecular complexity index is 1110. The summed E-state index contributed by atoms with van der Waals surface area (Å²) in [6, 6.07) is 11.3. The monoisotopic (exact) mass is 412 g/mol. The number of ether oxygens (including phenoxy) is 1. The first kappa shape index (κ1) is 19.0. The maximum absolute atomic E-state index is 13.1. The van der Waals surface area contributed by atoms with Gasteiger partial charge < -0.3 is 4.74 Å². The number of rotatable bonds is 5. The van der Waals surface area contributed by atoms with E-state index >= 15 is 0 Å². The molecule has 29 heavy (non-hydrogen) atoms. The number of halogens is 1. The second kappa shape index (κ2) is 7.96. The number of carbonyl (C=O) groups excluding carboxylic acids is 2. The summed E-state index contributed by atoms with van der Waals surface area (Å²) in [5, 5.41) is 8.66. The summed E-state index contributed by atoms with van der Waals surface area (Å²) < 4.78 is 19.1. The zero-order valence-corrected chi connectivity index (χ0v) is 16.3. The van der Waals surface area contributed by atoms with Gasteiger partial charge in [0.05, 0.1) is 23.9 Å². The molecule has 0 saturated heterocycles. The third-order valence-electron chi connectivity index (χ3n) is 4.43. The van der Waals surface area contributed by atoms with Crippen molar-refractivity contribution < 1.29 is 18.7 Å². The highest BCUT2D eigenvalue weighted by Crippen LogP contribution is 2.29. The van der Waals surface area contributed by atoms with Crippen molar-refractivity contribution >= 4 is 44.2 Å². The van der Waals surface area contributed by atoms with E-state index in [1.54, 1.807) is 25.3 Å². The number of nitrogens with zero attached hydrogens (tertiary/aromatic N) is 3. The molecule has 0 saturated carbocycles. The number of aromatic nitrogens is 1. The van der Waals surface area contributed by atoms with E-state index in [2.05, 4.69) is 15.4 Å². The van der Waals surface area contributed by atoms with Crippen molar-refractivity contribution in [1.29, 1.82) is 0 Å². The van der Waals surface area contributed by atoms with Crippen LogP contribution >= 0.6 is 11.3 Å². The first-order chi connectivity index (χ1) is 14.0. The minimum atomic E-state index is -0.396. The molecule has 0 bridgehead atoms. The van der Waals surface area contributed by atoms with Gasteiger partial charge in [0, 0.05) is 12.8 Å². The van der Waals surface area contributed by atoms with Crippen molar-refractivity contribution in [3.63, 3.8) is 0 Å². The molecule has 1 aliphatic rings. The molecule has 0 atom stereocenters. The van der Waals surface area contributed by atoms with Crippen molar-refractivity contribution in [2.75, 3.05) is 12.4 Å². The van der Waals surface area contributed by atoms with Gasteiger partial charge in [-0.1, -0.05) is 23.5 Å². The molecule has 2 aromatic carbocycles. The van der Waals surface area contributed by atoms with E-state index < -0.39 is 5.91 Å². The zero-order valence-electron chi connectivity index (χ0n) is 15.5. The summed E-state index contributed by atoms with van der Waals surface area (Å²) in [4.78, 5) is 29.2. The van der Waals surface area contributed by atoms with Gasteiger partial charge in [0.2, 0.25) is 5.91 Å². The number of hydrazone groups is 1. The van der Waals surface area contributed by atoms with E-state index in [1.165, 1.54) is 28.5 Å². The number of benzene rings is 2. The van der Waals surface area contributed by atoms with Crippen molar-refractivity contribution in [2.24, 2.45) is 5.10 Å². The standard InChI is InChI=1S/C20H17FN4O3S/c1-28-14-6-7-15-17(10-14)29-20(22-15)23-19(27)16-8-9-18(26)25(24-16)11-12-2-4-13(21)5-3-12/h2-7,10H,8-9,11H2,1H3,(H,22,23,27). The van der Waals surface area contributed by atoms with Crippen LogP contribution in [-0.2, 0) is 16.1 Å². The van der Waals surface area contributed by atoms with Crippen LogP contribution in [0.15, 0.2) is 47.6 Å². The lowest BCUT2D eigenvalue weighted by atomic mass is 10.1. The van der Waals surface area contributed by atoms with E-state index in [1.807, 2.05) is 12.1 Å². The van der Waals surface area contributed by atoms with E-state index in [0.717, 1.165) is 15.8 Å². The molecule has 2 heterocycles. The van der Waals surface area contributed by atoms with Crippen LogP contribution in [0.4, 0.5) is 9.52 Å². The lowest BCUT2D eigenvalue weighted by Crippen LogP contribution is -2.36. The van der Waals surface area contributed by atoms with Crippen LogP contribution in [-0.4, -0.2) is 34.6 Å². The molecule has 4 rings (SSSR count). The van der Waals surface area contributed by atoms with Crippen LogP contribution in [0, 0.1) is 5.82 Å². The molecular weight excluding hydrogens is 395 g/mol. The van der Waals surface area contributed by atoms with Gasteiger partial charge in [-0.15, -0.1) is 0 Å². The molecule has 0 unspecified atom stereocenters. The lowest BCUT2D eigenvalue weighted by Gasteiger charge is -2.23. The molecule has 7 nitrogen and oxygen atoms in total. The third-order valence-corrected chi connectivity index (χ3v) is 5.36. The summed E-state index contributed by atoms with van der Waals surface area (Å²) in [7, 11) is 1.59. The molecule has 1 aromatic heterocycles. The maximum atomic E-state index is 13.1. The molecular formula is C20H17FN4O3S. The second-order valence-electron chi connectivity index (χ2n) is 6.43. The molecule has 0 spiro atoms. The fraction of sp³-hybridized carbons (Fsp3) is 0.200. The Morgan fingerprint density at radius 2 is 2.03 bits per heavy atom. The summed E-state index contributed by atoms with van der Waals surface area (Å²) in [6.07, 6.45) is 0.438. The van der Waals surface area contributed by atoms with E-state index in [0.29, 0.717) is 10.9 Å². The molecule has 2 amide bonds. The lowest BCUT2D eigenvalue weighted by molar-refractivity contribution is -0.132. The Labute approximate surface area is 169 Å². The number of anilines is 1. The highest BCUT2D eigenvalue weighted by molar-refractivity contribution is 7.22. The van der Waals surface area contributed by atoms with Crippen LogP contribution in [0.3, 0.4) is 0 Å². The Morgan fingerprint density at radius 1 is 1.24 bits per heavy atom. The molecule has 3 aromatic rings. The van der Waals surface area contributed by atoms with Gasteiger partial charge in [0.1, 0.15) is 17.3 Å². The van der Waals surface area contributed by atoms with Gasteiger partial charge >= 0.3 is 0 Å². The SMILES string of the molecule is COc1ccc2nc(NC(=O)C3=NN(Cc4ccc(F)cc4)C(=O)CC3)sc2c1. The largest absolute Gasteiger partial charge is 0.497 e. The van der Waals surface area contributed by atoms with Gasteiger partial charge in [0.15, 0.2) is 5.13 Å². The van der Waals surface area contributed by atoms with Crippen LogP contribution in [0.1, 0.15) is 18.4 Å². The van der Waals surface area contributed by atoms with Gasteiger partial charge in [-0.05, 0) is 35.9 Å². The Balaban J connectivity index is 1.49. The van der Waals surface area contributed by atoms with Crippen molar-refractivity contribution in [3.05, 3.63) is 53.8 Å². The van der Waals surface area contributed by atoms with Gasteiger partial charge in [-0.2, -0.15) is 5.10 Å². The van der Waals surface area contributed by atoms with Gasteiger partial charge in [0.25, 0.3) is 5.91 Å². The molecule has 0 radical (unpaired) electrons. The van der Waals surface area contributed by atoms with Gasteiger partial charge in [-0.25, -0.2) is 14.4 Å². The molecule has 148 valence electrons. The number of fused-ring (bicyclic) bond motifs is 1. The zero-order chi connectivity index (χ0) is 20.4. The Kier molecular flexibility index (Phi) is 5.22. The average Bonchev–Trinajstić information content (AvgIpc) is 3.12. The number of thiazole rings is 1. The predicted octanol–water partition coefficient (Wildman–Crippen LogP) is 3.56. The number of hydrogen-bond donors (Lipinski definition) is 1. The Hall–Kier alpha value is -3.33. The summed E-state index contributed by atoms with van der Waals surface area (Å²) in [6.45, 7) is 0.177. The smallest absolute Gasteiger partial charge is 0.273 e. The molecule has 1 N–H and O–H groups in total. The second-order valence-corrected chi connectivity index (χ2v) is 7.46. The van der Waals surface area contributed by atoms with Crippen LogP contribution in [0.5, 0.6) is 5.75 Å².